The first-order chi connectivity index (χ1) is 12.5. The Balaban J connectivity index is 1.74. The number of furan rings is 1. The monoisotopic (exact) mass is 421 g/mol. The van der Waals surface area contributed by atoms with Gasteiger partial charge in [0.2, 0.25) is 5.91 Å². The molecule has 2 aromatic rings. The molecule has 6 nitrogen and oxygen atoms in total. The molecule has 0 saturated carbocycles. The molecule has 140 valence electrons. The molecule has 0 atom stereocenters. The zero-order chi connectivity index (χ0) is 18.9. The summed E-state index contributed by atoms with van der Waals surface area (Å²) >= 11 is 3.13. The number of benzene rings is 1. The largest absolute Gasteiger partial charge is 0.444 e. The van der Waals surface area contributed by atoms with Gasteiger partial charge in [-0.15, -0.1) is 0 Å². The highest BCUT2D eigenvalue weighted by Gasteiger charge is 2.11. The van der Waals surface area contributed by atoms with Gasteiger partial charge >= 0.3 is 0 Å². The molecule has 1 aromatic heterocycles. The second-order valence-electron chi connectivity index (χ2n) is 5.84. The van der Waals surface area contributed by atoms with Gasteiger partial charge in [-0.2, -0.15) is 0 Å². The third kappa shape index (κ3) is 6.31. The van der Waals surface area contributed by atoms with E-state index in [9.17, 15) is 9.59 Å². The second-order valence-corrected chi connectivity index (χ2v) is 6.62. The Morgan fingerprint density at radius 3 is 2.23 bits per heavy atom. The summed E-state index contributed by atoms with van der Waals surface area (Å²) in [4.78, 5) is 26.0. The van der Waals surface area contributed by atoms with E-state index in [1.54, 1.807) is 6.07 Å². The highest BCUT2D eigenvalue weighted by Crippen LogP contribution is 2.13. The summed E-state index contributed by atoms with van der Waals surface area (Å²) < 4.78 is 5.60. The lowest BCUT2D eigenvalue weighted by Crippen LogP contribution is -2.36. The Morgan fingerprint density at radius 2 is 1.65 bits per heavy atom. The van der Waals surface area contributed by atoms with Gasteiger partial charge in [0.1, 0.15) is 0 Å². The van der Waals surface area contributed by atoms with Crippen LogP contribution in [-0.4, -0.2) is 36.3 Å². The van der Waals surface area contributed by atoms with Crippen LogP contribution in [0.3, 0.4) is 0 Å². The highest BCUT2D eigenvalue weighted by atomic mass is 79.9. The zero-order valence-electron chi connectivity index (χ0n) is 15.0. The van der Waals surface area contributed by atoms with Crippen LogP contribution >= 0.6 is 15.9 Å². The summed E-state index contributed by atoms with van der Waals surface area (Å²) in [5, 5.41) is 5.31. The molecule has 2 amide bonds. The number of amides is 2. The molecular weight excluding hydrogens is 398 g/mol. The molecule has 0 aliphatic rings. The second kappa shape index (κ2) is 10.1. The molecule has 0 fully saturated rings. The average molecular weight is 422 g/mol. The van der Waals surface area contributed by atoms with Gasteiger partial charge in [-0.05, 0) is 52.3 Å². The highest BCUT2D eigenvalue weighted by molar-refractivity contribution is 9.10. The molecular formula is C19H24BrN3O3. The Kier molecular flexibility index (Phi) is 7.87. The standard InChI is InChI=1S/C19H24BrN3O3/c1-3-23(4-2)13-15-7-5-14(6-8-15)11-21-18(24)12-22-19(25)16-9-10-17(20)26-16/h5-10H,3-4,11-13H2,1-2H3,(H,21,24)(H,22,25). The molecule has 1 heterocycles. The van der Waals surface area contributed by atoms with Crippen LogP contribution < -0.4 is 10.6 Å². The van der Waals surface area contributed by atoms with Gasteiger partial charge < -0.3 is 15.1 Å². The Bertz CT molecular complexity index is 724. The lowest BCUT2D eigenvalue weighted by molar-refractivity contribution is -0.120. The first-order valence-corrected chi connectivity index (χ1v) is 9.41. The van der Waals surface area contributed by atoms with Gasteiger partial charge in [0, 0.05) is 13.1 Å². The third-order valence-corrected chi connectivity index (χ3v) is 4.45. The topological polar surface area (TPSA) is 74.6 Å². The van der Waals surface area contributed by atoms with Crippen molar-refractivity contribution in [2.45, 2.75) is 26.9 Å². The third-order valence-electron chi connectivity index (χ3n) is 4.02. The van der Waals surface area contributed by atoms with E-state index in [1.165, 1.54) is 11.6 Å². The molecule has 1 aromatic carbocycles. The molecule has 2 N–H and O–H groups in total. The lowest BCUT2D eigenvalue weighted by atomic mass is 10.1. The van der Waals surface area contributed by atoms with Gasteiger partial charge in [-0.1, -0.05) is 38.1 Å². The predicted molar refractivity (Wildman–Crippen MR) is 104 cm³/mol. The molecule has 0 spiro atoms. The van der Waals surface area contributed by atoms with Crippen LogP contribution in [0.25, 0.3) is 0 Å². The van der Waals surface area contributed by atoms with Crippen LogP contribution in [-0.2, 0) is 17.9 Å². The smallest absolute Gasteiger partial charge is 0.287 e. The average Bonchev–Trinajstić information content (AvgIpc) is 3.09. The number of carbonyl (C=O) groups excluding carboxylic acids is 2. The van der Waals surface area contributed by atoms with E-state index in [0.29, 0.717) is 11.2 Å². The van der Waals surface area contributed by atoms with E-state index in [4.69, 9.17) is 4.42 Å². The van der Waals surface area contributed by atoms with Crippen molar-refractivity contribution in [3.8, 4) is 0 Å². The Hall–Kier alpha value is -2.12. The number of hydrogen-bond donors (Lipinski definition) is 2. The normalized spacial score (nSPS) is 10.8. The molecule has 7 heteroatoms. The Morgan fingerprint density at radius 1 is 1.00 bits per heavy atom. The summed E-state index contributed by atoms with van der Waals surface area (Å²) in [6, 6.07) is 11.3. The zero-order valence-corrected chi connectivity index (χ0v) is 16.6. The summed E-state index contributed by atoms with van der Waals surface area (Å²) in [5.41, 5.74) is 2.27. The maximum Gasteiger partial charge on any atom is 0.287 e. The lowest BCUT2D eigenvalue weighted by Gasteiger charge is -2.18. The molecule has 0 bridgehead atoms. The van der Waals surface area contributed by atoms with Crippen molar-refractivity contribution in [2.75, 3.05) is 19.6 Å². The van der Waals surface area contributed by atoms with Crippen molar-refractivity contribution in [3.05, 3.63) is 58.0 Å². The van der Waals surface area contributed by atoms with Crippen molar-refractivity contribution in [1.82, 2.24) is 15.5 Å². The maximum absolute atomic E-state index is 11.9. The van der Waals surface area contributed by atoms with E-state index < -0.39 is 5.91 Å². The summed E-state index contributed by atoms with van der Waals surface area (Å²) in [5.74, 6) is -0.517. The van der Waals surface area contributed by atoms with Crippen LogP contribution in [0.2, 0.25) is 0 Å². The quantitative estimate of drug-likeness (QED) is 0.652. The minimum Gasteiger partial charge on any atom is -0.444 e. The first kappa shape index (κ1) is 20.2. The van der Waals surface area contributed by atoms with Crippen LogP contribution in [0.4, 0.5) is 0 Å². The van der Waals surface area contributed by atoms with Gasteiger partial charge in [0.25, 0.3) is 5.91 Å². The number of nitrogens with one attached hydrogen (secondary N) is 2. The van der Waals surface area contributed by atoms with Crippen LogP contribution in [0.15, 0.2) is 45.5 Å². The minimum atomic E-state index is -0.424. The van der Waals surface area contributed by atoms with Crippen LogP contribution in [0, 0.1) is 0 Å². The fraction of sp³-hybridized carbons (Fsp3) is 0.368. The molecule has 0 saturated heterocycles. The van der Waals surface area contributed by atoms with Crippen molar-refractivity contribution >= 4 is 27.7 Å². The van der Waals surface area contributed by atoms with Crippen LogP contribution in [0.5, 0.6) is 0 Å². The molecule has 0 aliphatic heterocycles. The molecule has 0 unspecified atom stereocenters. The van der Waals surface area contributed by atoms with Gasteiger partial charge in [0.05, 0.1) is 6.54 Å². The molecule has 26 heavy (non-hydrogen) atoms. The minimum absolute atomic E-state index is 0.100. The molecule has 0 aliphatic carbocycles. The van der Waals surface area contributed by atoms with Gasteiger partial charge in [-0.3, -0.25) is 14.5 Å². The summed E-state index contributed by atoms with van der Waals surface area (Å²) in [6.45, 7) is 7.59. The van der Waals surface area contributed by atoms with Crippen molar-refractivity contribution in [1.29, 1.82) is 0 Å². The van der Waals surface area contributed by atoms with E-state index in [2.05, 4.69) is 57.4 Å². The Labute approximate surface area is 162 Å². The molecule has 2 rings (SSSR count). The van der Waals surface area contributed by atoms with E-state index in [-0.39, 0.29) is 18.2 Å². The van der Waals surface area contributed by atoms with E-state index in [1.807, 2.05) is 12.1 Å². The maximum atomic E-state index is 11.9. The van der Waals surface area contributed by atoms with Crippen molar-refractivity contribution < 1.29 is 14.0 Å². The van der Waals surface area contributed by atoms with E-state index in [0.717, 1.165) is 25.2 Å². The van der Waals surface area contributed by atoms with Crippen LogP contribution in [0.1, 0.15) is 35.5 Å². The molecule has 0 radical (unpaired) electrons. The number of carbonyl (C=O) groups is 2. The predicted octanol–water partition coefficient (Wildman–Crippen LogP) is 2.93. The number of nitrogens with zero attached hydrogens (tertiary/aromatic N) is 1. The summed E-state index contributed by atoms with van der Waals surface area (Å²) in [7, 11) is 0. The SMILES string of the molecule is CCN(CC)Cc1ccc(CNC(=O)CNC(=O)c2ccc(Br)o2)cc1. The number of halogens is 1. The number of hydrogen-bond acceptors (Lipinski definition) is 4. The van der Waals surface area contributed by atoms with Crippen molar-refractivity contribution in [2.24, 2.45) is 0 Å². The van der Waals surface area contributed by atoms with E-state index >= 15 is 0 Å². The summed E-state index contributed by atoms with van der Waals surface area (Å²) in [6.07, 6.45) is 0. The van der Waals surface area contributed by atoms with Crippen molar-refractivity contribution in [3.63, 3.8) is 0 Å². The van der Waals surface area contributed by atoms with Gasteiger partial charge in [-0.25, -0.2) is 0 Å². The fourth-order valence-electron chi connectivity index (χ4n) is 2.42. The fourth-order valence-corrected chi connectivity index (χ4v) is 2.72. The first-order valence-electron chi connectivity index (χ1n) is 8.62. The number of rotatable bonds is 9. The van der Waals surface area contributed by atoms with Gasteiger partial charge in [0.15, 0.2) is 10.4 Å².